The number of anilines is 1. The summed E-state index contributed by atoms with van der Waals surface area (Å²) >= 11 is 0. The number of benzene rings is 1. The highest BCUT2D eigenvalue weighted by Crippen LogP contribution is 2.46. The van der Waals surface area contributed by atoms with Crippen molar-refractivity contribution < 1.29 is 9.42 Å². The molecule has 0 unspecified atom stereocenters. The molecule has 0 bridgehead atoms. The van der Waals surface area contributed by atoms with Gasteiger partial charge in [-0.15, -0.1) is 0 Å². The molecule has 1 spiro atoms. The van der Waals surface area contributed by atoms with Crippen molar-refractivity contribution >= 4 is 11.6 Å². The average molecular weight is 312 g/mol. The number of hydrogen-bond donors (Lipinski definition) is 0. The van der Waals surface area contributed by atoms with Gasteiger partial charge < -0.3 is 4.90 Å². The molecule has 2 aliphatic rings. The van der Waals surface area contributed by atoms with Gasteiger partial charge in [0.15, 0.2) is 0 Å². The lowest BCUT2D eigenvalue weighted by Gasteiger charge is -2.39. The smallest absolute Gasteiger partial charge is 0.238 e. The Morgan fingerprint density at radius 3 is 2.91 bits per heavy atom. The molecule has 2 aromatic rings. The number of para-hydroxylation sites is 1. The molecule has 0 N–H and O–H groups in total. The SMILES string of the molecule is Cc1nonc1CN1CCC[C@@]2(C1)C(=O)N(C)c1ccccc12. The minimum atomic E-state index is -0.422. The van der Waals surface area contributed by atoms with Crippen molar-refractivity contribution in [2.24, 2.45) is 0 Å². The number of aryl methyl sites for hydroxylation is 1. The van der Waals surface area contributed by atoms with E-state index in [4.69, 9.17) is 4.63 Å². The number of hydrogen-bond acceptors (Lipinski definition) is 5. The third-order valence-electron chi connectivity index (χ3n) is 5.19. The van der Waals surface area contributed by atoms with E-state index in [-0.39, 0.29) is 5.91 Å². The summed E-state index contributed by atoms with van der Waals surface area (Å²) in [5.41, 5.74) is 3.45. The molecule has 1 atom stereocenters. The van der Waals surface area contributed by atoms with E-state index < -0.39 is 5.41 Å². The first-order valence-corrected chi connectivity index (χ1v) is 8.00. The first kappa shape index (κ1) is 14.4. The fourth-order valence-corrected chi connectivity index (χ4v) is 3.99. The van der Waals surface area contributed by atoms with Crippen LogP contribution in [0.25, 0.3) is 0 Å². The molecule has 120 valence electrons. The van der Waals surface area contributed by atoms with E-state index in [2.05, 4.69) is 21.3 Å². The molecule has 3 heterocycles. The first-order chi connectivity index (χ1) is 11.1. The fraction of sp³-hybridized carbons (Fsp3) is 0.471. The largest absolute Gasteiger partial charge is 0.314 e. The number of carbonyl (C=O) groups is 1. The molecule has 6 heteroatoms. The quantitative estimate of drug-likeness (QED) is 0.847. The molecular formula is C17H20N4O2. The van der Waals surface area contributed by atoms with Gasteiger partial charge in [0, 0.05) is 25.8 Å². The van der Waals surface area contributed by atoms with Gasteiger partial charge in [0.05, 0.1) is 5.41 Å². The van der Waals surface area contributed by atoms with Crippen LogP contribution in [0.1, 0.15) is 29.8 Å². The Kier molecular flexibility index (Phi) is 3.23. The lowest BCUT2D eigenvalue weighted by molar-refractivity contribution is -0.125. The van der Waals surface area contributed by atoms with Crippen LogP contribution in [-0.2, 0) is 16.8 Å². The minimum absolute atomic E-state index is 0.207. The standard InChI is InChI=1S/C17H20N4O2/c1-12-14(19-23-18-12)10-21-9-5-8-17(11-21)13-6-3-4-7-15(13)20(2)16(17)22/h3-4,6-7H,5,8-11H2,1-2H3/t17-/m0/s1. The van der Waals surface area contributed by atoms with Crippen LogP contribution < -0.4 is 4.90 Å². The predicted molar refractivity (Wildman–Crippen MR) is 85.1 cm³/mol. The number of amides is 1. The molecule has 1 saturated heterocycles. The fourth-order valence-electron chi connectivity index (χ4n) is 3.99. The Hall–Kier alpha value is -2.21. The molecular weight excluding hydrogens is 292 g/mol. The highest BCUT2D eigenvalue weighted by molar-refractivity contribution is 6.08. The summed E-state index contributed by atoms with van der Waals surface area (Å²) in [6, 6.07) is 8.15. The van der Waals surface area contributed by atoms with Crippen molar-refractivity contribution in [2.75, 3.05) is 25.0 Å². The van der Waals surface area contributed by atoms with Crippen LogP contribution in [0.3, 0.4) is 0 Å². The number of carbonyl (C=O) groups excluding carboxylic acids is 1. The normalized spacial score (nSPS) is 24.4. The van der Waals surface area contributed by atoms with Gasteiger partial charge in [-0.05, 0) is 37.9 Å². The highest BCUT2D eigenvalue weighted by Gasteiger charge is 2.51. The van der Waals surface area contributed by atoms with Crippen LogP contribution in [0.4, 0.5) is 5.69 Å². The van der Waals surface area contributed by atoms with Crippen LogP contribution in [0.15, 0.2) is 28.9 Å². The maximum atomic E-state index is 13.0. The topological polar surface area (TPSA) is 62.5 Å². The molecule has 6 nitrogen and oxygen atoms in total. The third kappa shape index (κ3) is 2.09. The lowest BCUT2D eigenvalue weighted by atomic mass is 9.75. The summed E-state index contributed by atoms with van der Waals surface area (Å²) < 4.78 is 4.80. The zero-order chi connectivity index (χ0) is 16.0. The second-order valence-corrected chi connectivity index (χ2v) is 6.57. The molecule has 1 amide bonds. The van der Waals surface area contributed by atoms with E-state index in [1.807, 2.05) is 37.1 Å². The summed E-state index contributed by atoms with van der Waals surface area (Å²) in [6.07, 6.45) is 1.90. The van der Waals surface area contributed by atoms with Crippen molar-refractivity contribution in [2.45, 2.75) is 31.7 Å². The summed E-state index contributed by atoms with van der Waals surface area (Å²) in [5, 5.41) is 7.83. The monoisotopic (exact) mass is 312 g/mol. The number of rotatable bonds is 2. The minimum Gasteiger partial charge on any atom is -0.314 e. The second-order valence-electron chi connectivity index (χ2n) is 6.57. The Bertz CT molecular complexity index is 757. The average Bonchev–Trinajstić information content (AvgIpc) is 3.05. The molecule has 1 aromatic carbocycles. The molecule has 2 aliphatic heterocycles. The van der Waals surface area contributed by atoms with E-state index in [9.17, 15) is 4.79 Å². The Morgan fingerprint density at radius 2 is 2.13 bits per heavy atom. The zero-order valence-electron chi connectivity index (χ0n) is 13.5. The highest BCUT2D eigenvalue weighted by atomic mass is 16.6. The van der Waals surface area contributed by atoms with Crippen LogP contribution >= 0.6 is 0 Å². The van der Waals surface area contributed by atoms with E-state index in [1.54, 1.807) is 0 Å². The van der Waals surface area contributed by atoms with Gasteiger partial charge in [-0.1, -0.05) is 28.5 Å². The Labute approximate surface area is 135 Å². The Balaban J connectivity index is 1.66. The van der Waals surface area contributed by atoms with E-state index in [0.29, 0.717) is 6.54 Å². The van der Waals surface area contributed by atoms with Crippen LogP contribution in [0, 0.1) is 6.92 Å². The number of piperidine rings is 1. The summed E-state index contributed by atoms with van der Waals surface area (Å²) in [5.74, 6) is 0.207. The zero-order valence-corrected chi connectivity index (χ0v) is 13.5. The molecule has 4 rings (SSSR count). The van der Waals surface area contributed by atoms with Crippen LogP contribution in [0.2, 0.25) is 0 Å². The molecule has 0 saturated carbocycles. The van der Waals surface area contributed by atoms with E-state index in [1.165, 1.54) is 0 Å². The maximum Gasteiger partial charge on any atom is 0.238 e. The molecule has 0 aliphatic carbocycles. The number of fused-ring (bicyclic) bond motifs is 2. The van der Waals surface area contributed by atoms with Gasteiger partial charge in [-0.3, -0.25) is 9.69 Å². The van der Waals surface area contributed by atoms with E-state index >= 15 is 0 Å². The van der Waals surface area contributed by atoms with Gasteiger partial charge in [-0.2, -0.15) is 0 Å². The molecule has 23 heavy (non-hydrogen) atoms. The van der Waals surface area contributed by atoms with Crippen molar-refractivity contribution in [1.29, 1.82) is 0 Å². The third-order valence-corrected chi connectivity index (χ3v) is 5.19. The second kappa shape index (κ2) is 5.16. The lowest BCUT2D eigenvalue weighted by Crippen LogP contribution is -2.51. The van der Waals surface area contributed by atoms with Gasteiger partial charge in [0.1, 0.15) is 11.4 Å². The number of likely N-dealkylation sites (N-methyl/N-ethyl adjacent to an activating group) is 1. The van der Waals surface area contributed by atoms with Gasteiger partial charge in [-0.25, -0.2) is 4.63 Å². The predicted octanol–water partition coefficient (Wildman–Crippen LogP) is 1.89. The number of nitrogens with zero attached hydrogens (tertiary/aromatic N) is 4. The molecule has 1 aromatic heterocycles. The number of likely N-dealkylation sites (tertiary alicyclic amines) is 1. The summed E-state index contributed by atoms with van der Waals surface area (Å²) in [4.78, 5) is 17.1. The van der Waals surface area contributed by atoms with Crippen molar-refractivity contribution in [3.63, 3.8) is 0 Å². The summed E-state index contributed by atoms with van der Waals surface area (Å²) in [6.45, 7) is 4.26. The van der Waals surface area contributed by atoms with Gasteiger partial charge >= 0.3 is 0 Å². The number of aromatic nitrogens is 2. The van der Waals surface area contributed by atoms with E-state index in [0.717, 1.165) is 48.6 Å². The maximum absolute atomic E-state index is 13.0. The van der Waals surface area contributed by atoms with Crippen molar-refractivity contribution in [3.05, 3.63) is 41.2 Å². The molecule has 1 fully saturated rings. The van der Waals surface area contributed by atoms with Gasteiger partial charge in [0.25, 0.3) is 0 Å². The molecule has 0 radical (unpaired) electrons. The summed E-state index contributed by atoms with van der Waals surface area (Å²) in [7, 11) is 1.88. The first-order valence-electron chi connectivity index (χ1n) is 8.00. The van der Waals surface area contributed by atoms with Gasteiger partial charge in [0.2, 0.25) is 5.91 Å². The van der Waals surface area contributed by atoms with Crippen molar-refractivity contribution in [1.82, 2.24) is 15.2 Å². The van der Waals surface area contributed by atoms with Crippen LogP contribution in [-0.4, -0.2) is 41.3 Å². The van der Waals surface area contributed by atoms with Crippen molar-refractivity contribution in [3.8, 4) is 0 Å². The Morgan fingerprint density at radius 1 is 1.30 bits per heavy atom. The van der Waals surface area contributed by atoms with Crippen LogP contribution in [0.5, 0.6) is 0 Å².